The first-order chi connectivity index (χ1) is 14.6. The number of anilines is 1. The lowest BCUT2D eigenvalue weighted by Gasteiger charge is -2.11. The molecule has 0 radical (unpaired) electrons. The number of amides is 1. The largest absolute Gasteiger partial charge is 0.417 e. The van der Waals surface area contributed by atoms with Crippen LogP contribution >= 0.6 is 0 Å². The fourth-order valence-corrected chi connectivity index (χ4v) is 3.39. The maximum atomic E-state index is 13.4. The predicted octanol–water partition coefficient (Wildman–Crippen LogP) is 5.65. The molecular formula is C22H16F4N4O. The first-order valence-electron chi connectivity index (χ1n) is 9.24. The summed E-state index contributed by atoms with van der Waals surface area (Å²) in [6.07, 6.45) is -4.77. The molecule has 2 heterocycles. The van der Waals surface area contributed by atoms with Crippen molar-refractivity contribution in [3.8, 4) is 11.4 Å². The average Bonchev–Trinajstić information content (AvgIpc) is 3.10. The second-order valence-electron chi connectivity index (χ2n) is 7.10. The summed E-state index contributed by atoms with van der Waals surface area (Å²) >= 11 is 0. The van der Waals surface area contributed by atoms with E-state index in [1.165, 1.54) is 6.07 Å². The zero-order chi connectivity index (χ0) is 22.3. The zero-order valence-electron chi connectivity index (χ0n) is 16.4. The summed E-state index contributed by atoms with van der Waals surface area (Å²) in [5.74, 6) is -1.27. The van der Waals surface area contributed by atoms with Gasteiger partial charge in [0.05, 0.1) is 16.6 Å². The van der Waals surface area contributed by atoms with E-state index in [4.69, 9.17) is 0 Å². The van der Waals surface area contributed by atoms with Gasteiger partial charge in [-0.2, -0.15) is 13.2 Å². The van der Waals surface area contributed by atoms with Crippen LogP contribution in [0.25, 0.3) is 22.4 Å². The first-order valence-corrected chi connectivity index (χ1v) is 9.24. The highest BCUT2D eigenvalue weighted by molar-refractivity contribution is 6.11. The topological polar surface area (TPSA) is 70.7 Å². The Morgan fingerprint density at radius 1 is 1.03 bits per heavy atom. The number of benzene rings is 2. The van der Waals surface area contributed by atoms with Gasteiger partial charge in [0, 0.05) is 11.3 Å². The number of nitrogens with one attached hydrogen (secondary N) is 2. The highest BCUT2D eigenvalue weighted by atomic mass is 19.4. The number of halogens is 4. The number of imidazole rings is 1. The van der Waals surface area contributed by atoms with Gasteiger partial charge in [-0.15, -0.1) is 0 Å². The van der Waals surface area contributed by atoms with Crippen molar-refractivity contribution in [2.24, 2.45) is 0 Å². The van der Waals surface area contributed by atoms with Gasteiger partial charge in [-0.1, -0.05) is 6.07 Å². The number of aromatic amines is 1. The smallest absolute Gasteiger partial charge is 0.338 e. The minimum atomic E-state index is -4.77. The van der Waals surface area contributed by atoms with Crippen LogP contribution in [0, 0.1) is 19.7 Å². The number of hydrogen-bond donors (Lipinski definition) is 2. The van der Waals surface area contributed by atoms with E-state index in [1.807, 2.05) is 13.0 Å². The lowest BCUT2D eigenvalue weighted by atomic mass is 10.1. The number of carbonyl (C=O) groups is 1. The van der Waals surface area contributed by atoms with Crippen molar-refractivity contribution in [2.45, 2.75) is 20.0 Å². The third-order valence-electron chi connectivity index (χ3n) is 4.64. The third-order valence-corrected chi connectivity index (χ3v) is 4.64. The van der Waals surface area contributed by atoms with Crippen molar-refractivity contribution < 1.29 is 22.4 Å². The van der Waals surface area contributed by atoms with Crippen LogP contribution in [0.1, 0.15) is 27.2 Å². The van der Waals surface area contributed by atoms with Crippen LogP contribution in [0.2, 0.25) is 0 Å². The van der Waals surface area contributed by atoms with Crippen LogP contribution < -0.4 is 5.32 Å². The van der Waals surface area contributed by atoms with Gasteiger partial charge < -0.3 is 10.3 Å². The number of para-hydroxylation sites is 1. The maximum Gasteiger partial charge on any atom is 0.417 e. The molecule has 4 rings (SSSR count). The summed E-state index contributed by atoms with van der Waals surface area (Å²) < 4.78 is 53.7. The van der Waals surface area contributed by atoms with Crippen molar-refractivity contribution >= 4 is 22.8 Å². The summed E-state index contributed by atoms with van der Waals surface area (Å²) in [7, 11) is 0. The van der Waals surface area contributed by atoms with E-state index in [0.29, 0.717) is 17.4 Å². The molecule has 2 N–H and O–H groups in total. The second-order valence-corrected chi connectivity index (χ2v) is 7.10. The van der Waals surface area contributed by atoms with Crippen molar-refractivity contribution in [1.29, 1.82) is 0 Å². The molecule has 2 aromatic heterocycles. The van der Waals surface area contributed by atoms with Crippen LogP contribution in [-0.4, -0.2) is 20.9 Å². The minimum Gasteiger partial charge on any atom is -0.338 e. The van der Waals surface area contributed by atoms with Crippen molar-refractivity contribution in [2.75, 3.05) is 5.32 Å². The Hall–Kier alpha value is -3.75. The van der Waals surface area contributed by atoms with E-state index in [-0.39, 0.29) is 22.5 Å². The van der Waals surface area contributed by atoms with Crippen LogP contribution in [-0.2, 0) is 6.18 Å². The summed E-state index contributed by atoms with van der Waals surface area (Å²) in [5, 5.41) is 2.69. The maximum absolute atomic E-state index is 13.4. The fraction of sp³-hybridized carbons (Fsp3) is 0.136. The van der Waals surface area contributed by atoms with Gasteiger partial charge in [0.15, 0.2) is 0 Å². The minimum absolute atomic E-state index is 0.118. The Labute approximate surface area is 174 Å². The monoisotopic (exact) mass is 428 g/mol. The Balaban J connectivity index is 1.77. The van der Waals surface area contributed by atoms with Gasteiger partial charge in [0.25, 0.3) is 5.91 Å². The number of nitrogens with zero attached hydrogens (tertiary/aromatic N) is 2. The molecule has 0 bridgehead atoms. The Morgan fingerprint density at radius 3 is 2.52 bits per heavy atom. The van der Waals surface area contributed by atoms with Gasteiger partial charge in [0.1, 0.15) is 23.0 Å². The number of carbonyl (C=O) groups excluding carboxylic acids is 1. The lowest BCUT2D eigenvalue weighted by Crippen LogP contribution is -2.14. The number of alkyl halides is 3. The van der Waals surface area contributed by atoms with Crippen molar-refractivity contribution in [3.63, 3.8) is 0 Å². The molecule has 158 valence electrons. The fourth-order valence-electron chi connectivity index (χ4n) is 3.39. The molecule has 0 unspecified atom stereocenters. The molecule has 4 aromatic rings. The molecule has 0 aliphatic heterocycles. The SMILES string of the molecule is Cc1cc(C)nc(NC(=O)c2cccc3[nH]c(-c4ccc(F)cc4C(F)(F)F)nc23)c1. The summed E-state index contributed by atoms with van der Waals surface area (Å²) in [6.45, 7) is 3.66. The number of rotatable bonds is 3. The Kier molecular flexibility index (Phi) is 4.96. The second kappa shape index (κ2) is 7.50. The van der Waals surface area contributed by atoms with Crippen LogP contribution in [0.4, 0.5) is 23.4 Å². The first kappa shape index (κ1) is 20.5. The van der Waals surface area contributed by atoms with Gasteiger partial charge in [0.2, 0.25) is 0 Å². The lowest BCUT2D eigenvalue weighted by molar-refractivity contribution is -0.137. The van der Waals surface area contributed by atoms with Crippen LogP contribution in [0.3, 0.4) is 0 Å². The molecule has 2 aromatic carbocycles. The highest BCUT2D eigenvalue weighted by Crippen LogP contribution is 2.37. The van der Waals surface area contributed by atoms with Crippen LogP contribution in [0.15, 0.2) is 48.5 Å². The van der Waals surface area contributed by atoms with Crippen LogP contribution in [0.5, 0.6) is 0 Å². The van der Waals surface area contributed by atoms with E-state index in [2.05, 4.69) is 20.3 Å². The molecule has 9 heteroatoms. The number of pyridine rings is 1. The van der Waals surface area contributed by atoms with Crippen molar-refractivity contribution in [3.05, 3.63) is 76.7 Å². The van der Waals surface area contributed by atoms with Gasteiger partial charge in [-0.05, 0) is 61.9 Å². The molecule has 0 spiro atoms. The number of hydrogen-bond acceptors (Lipinski definition) is 3. The molecule has 1 amide bonds. The summed E-state index contributed by atoms with van der Waals surface area (Å²) in [4.78, 5) is 24.1. The molecule has 0 aliphatic carbocycles. The van der Waals surface area contributed by atoms with Crippen molar-refractivity contribution in [1.82, 2.24) is 15.0 Å². The van der Waals surface area contributed by atoms with E-state index in [9.17, 15) is 22.4 Å². The zero-order valence-corrected chi connectivity index (χ0v) is 16.4. The summed E-state index contributed by atoms with van der Waals surface area (Å²) in [6, 6.07) is 10.6. The quantitative estimate of drug-likeness (QED) is 0.414. The summed E-state index contributed by atoms with van der Waals surface area (Å²) in [5.41, 5.74) is 0.900. The normalized spacial score (nSPS) is 11.7. The standard InChI is InChI=1S/C22H16F4N4O/c1-11-8-12(2)27-18(9-11)29-21(31)15-4-3-5-17-19(15)30-20(28-17)14-7-6-13(23)10-16(14)22(24,25)26/h3-10H,1-2H3,(H,28,30)(H,27,29,31). The number of fused-ring (bicyclic) bond motifs is 1. The number of aryl methyl sites for hydroxylation is 2. The van der Waals surface area contributed by atoms with E-state index in [1.54, 1.807) is 25.1 Å². The van der Waals surface area contributed by atoms with E-state index in [0.717, 1.165) is 23.4 Å². The molecule has 0 fully saturated rings. The van der Waals surface area contributed by atoms with Gasteiger partial charge in [-0.3, -0.25) is 4.79 Å². The molecule has 0 saturated carbocycles. The Morgan fingerprint density at radius 2 is 1.81 bits per heavy atom. The molecule has 5 nitrogen and oxygen atoms in total. The predicted molar refractivity (Wildman–Crippen MR) is 108 cm³/mol. The number of aromatic nitrogens is 3. The molecule has 0 atom stereocenters. The molecule has 31 heavy (non-hydrogen) atoms. The highest BCUT2D eigenvalue weighted by Gasteiger charge is 2.35. The molecule has 0 aliphatic rings. The Bertz CT molecular complexity index is 1290. The van der Waals surface area contributed by atoms with E-state index < -0.39 is 23.5 Å². The van der Waals surface area contributed by atoms with Gasteiger partial charge in [-0.25, -0.2) is 14.4 Å². The molecular weight excluding hydrogens is 412 g/mol. The van der Waals surface area contributed by atoms with Gasteiger partial charge >= 0.3 is 6.18 Å². The average molecular weight is 428 g/mol. The number of H-pyrrole nitrogens is 1. The third kappa shape index (κ3) is 4.11. The molecule has 0 saturated heterocycles. The van der Waals surface area contributed by atoms with E-state index >= 15 is 0 Å².